The van der Waals surface area contributed by atoms with Gasteiger partial charge in [-0.25, -0.2) is 4.79 Å². The number of furan rings is 1. The number of hydrogen-bond donors (Lipinski definition) is 2. The molecule has 98 valence electrons. The van der Waals surface area contributed by atoms with Crippen molar-refractivity contribution in [3.8, 4) is 0 Å². The van der Waals surface area contributed by atoms with Gasteiger partial charge in [-0.2, -0.15) is 0 Å². The summed E-state index contributed by atoms with van der Waals surface area (Å²) in [7, 11) is 0. The second-order valence-electron chi connectivity index (χ2n) is 4.29. The Hall–Kier alpha value is -1.82. The van der Waals surface area contributed by atoms with E-state index in [1.165, 1.54) is 6.26 Å². The first kappa shape index (κ1) is 12.6. The van der Waals surface area contributed by atoms with Crippen molar-refractivity contribution < 1.29 is 14.0 Å². The zero-order valence-electron chi connectivity index (χ0n) is 10.1. The van der Waals surface area contributed by atoms with E-state index in [1.54, 1.807) is 12.1 Å². The standard InChI is InChI=1S/C12H17N3O3/c16-11(9-15-5-1-2-6-15)14-12(17)13-8-10-4-3-7-18-10/h3-4,7H,1-2,5-6,8-9H2,(H2,13,14,16,17). The van der Waals surface area contributed by atoms with Crippen molar-refractivity contribution >= 4 is 11.9 Å². The van der Waals surface area contributed by atoms with E-state index in [1.807, 2.05) is 4.90 Å². The Morgan fingerprint density at radius 1 is 1.33 bits per heavy atom. The number of urea groups is 1. The van der Waals surface area contributed by atoms with E-state index in [0.717, 1.165) is 25.9 Å². The number of likely N-dealkylation sites (tertiary alicyclic amines) is 1. The van der Waals surface area contributed by atoms with Gasteiger partial charge in [0.25, 0.3) is 0 Å². The highest BCUT2D eigenvalue weighted by Gasteiger charge is 2.16. The van der Waals surface area contributed by atoms with Crippen LogP contribution in [0.2, 0.25) is 0 Å². The molecule has 1 fully saturated rings. The van der Waals surface area contributed by atoms with E-state index >= 15 is 0 Å². The summed E-state index contributed by atoms with van der Waals surface area (Å²) >= 11 is 0. The highest BCUT2D eigenvalue weighted by atomic mass is 16.3. The number of imide groups is 1. The number of rotatable bonds is 4. The smallest absolute Gasteiger partial charge is 0.321 e. The third-order valence-corrected chi connectivity index (χ3v) is 2.82. The van der Waals surface area contributed by atoms with Crippen LogP contribution in [-0.2, 0) is 11.3 Å². The lowest BCUT2D eigenvalue weighted by atomic mass is 10.4. The number of hydrogen-bond acceptors (Lipinski definition) is 4. The second-order valence-corrected chi connectivity index (χ2v) is 4.29. The molecule has 0 aliphatic carbocycles. The Morgan fingerprint density at radius 2 is 2.11 bits per heavy atom. The predicted octanol–water partition coefficient (Wildman–Crippen LogP) is 0.701. The zero-order chi connectivity index (χ0) is 12.8. The van der Waals surface area contributed by atoms with Crippen LogP contribution in [0.5, 0.6) is 0 Å². The van der Waals surface area contributed by atoms with Gasteiger partial charge in [-0.1, -0.05) is 0 Å². The van der Waals surface area contributed by atoms with Gasteiger partial charge in [0.2, 0.25) is 5.91 Å². The number of nitrogens with one attached hydrogen (secondary N) is 2. The maximum absolute atomic E-state index is 11.5. The zero-order valence-corrected chi connectivity index (χ0v) is 10.1. The molecule has 1 saturated heterocycles. The molecule has 0 bridgehead atoms. The van der Waals surface area contributed by atoms with E-state index in [4.69, 9.17) is 4.42 Å². The highest BCUT2D eigenvalue weighted by molar-refractivity contribution is 5.95. The molecule has 1 aliphatic heterocycles. The van der Waals surface area contributed by atoms with Crippen LogP contribution >= 0.6 is 0 Å². The van der Waals surface area contributed by atoms with Crippen molar-refractivity contribution in [1.82, 2.24) is 15.5 Å². The molecule has 0 spiro atoms. The Balaban J connectivity index is 1.65. The molecular formula is C12H17N3O3. The van der Waals surface area contributed by atoms with E-state index < -0.39 is 6.03 Å². The van der Waals surface area contributed by atoms with Crippen molar-refractivity contribution in [3.63, 3.8) is 0 Å². The summed E-state index contributed by atoms with van der Waals surface area (Å²) in [5.74, 6) is 0.381. The largest absolute Gasteiger partial charge is 0.467 e. The molecule has 1 aliphatic rings. The monoisotopic (exact) mass is 251 g/mol. The van der Waals surface area contributed by atoms with Crippen LogP contribution in [0.3, 0.4) is 0 Å². The van der Waals surface area contributed by atoms with Crippen LogP contribution in [0.25, 0.3) is 0 Å². The molecule has 2 rings (SSSR count). The molecule has 0 saturated carbocycles. The van der Waals surface area contributed by atoms with Crippen LogP contribution in [0.4, 0.5) is 4.79 Å². The third-order valence-electron chi connectivity index (χ3n) is 2.82. The summed E-state index contributed by atoms with van der Waals surface area (Å²) in [6.07, 6.45) is 3.78. The maximum atomic E-state index is 11.5. The molecule has 0 atom stereocenters. The Kier molecular flexibility index (Phi) is 4.35. The van der Waals surface area contributed by atoms with Gasteiger partial charge in [-0.05, 0) is 38.1 Å². The first-order valence-corrected chi connectivity index (χ1v) is 6.06. The van der Waals surface area contributed by atoms with Crippen LogP contribution in [0.15, 0.2) is 22.8 Å². The number of amides is 3. The molecule has 6 nitrogen and oxygen atoms in total. The average molecular weight is 251 g/mol. The fraction of sp³-hybridized carbons (Fsp3) is 0.500. The number of nitrogens with zero attached hydrogens (tertiary/aromatic N) is 1. The van der Waals surface area contributed by atoms with Gasteiger partial charge in [0.05, 0.1) is 19.4 Å². The Labute approximate surface area is 105 Å². The molecule has 18 heavy (non-hydrogen) atoms. The summed E-state index contributed by atoms with van der Waals surface area (Å²) in [6.45, 7) is 2.42. The number of carbonyl (C=O) groups excluding carboxylic acids is 2. The van der Waals surface area contributed by atoms with Gasteiger partial charge in [-0.15, -0.1) is 0 Å². The van der Waals surface area contributed by atoms with Crippen LogP contribution < -0.4 is 10.6 Å². The van der Waals surface area contributed by atoms with Crippen LogP contribution in [0.1, 0.15) is 18.6 Å². The van der Waals surface area contributed by atoms with Crippen LogP contribution in [0, 0.1) is 0 Å². The molecule has 1 aromatic rings. The van der Waals surface area contributed by atoms with Crippen molar-refractivity contribution in [3.05, 3.63) is 24.2 Å². The van der Waals surface area contributed by atoms with E-state index in [2.05, 4.69) is 10.6 Å². The average Bonchev–Trinajstić information content (AvgIpc) is 2.98. The molecule has 0 unspecified atom stereocenters. The summed E-state index contributed by atoms with van der Waals surface area (Å²) in [5, 5.41) is 4.85. The molecule has 6 heteroatoms. The van der Waals surface area contributed by atoms with E-state index in [0.29, 0.717) is 5.76 Å². The molecule has 1 aromatic heterocycles. The lowest BCUT2D eigenvalue weighted by Crippen LogP contribution is -2.43. The molecule has 2 N–H and O–H groups in total. The first-order chi connectivity index (χ1) is 8.74. The molecule has 0 aromatic carbocycles. The summed E-state index contributed by atoms with van der Waals surface area (Å²) < 4.78 is 5.06. The second kappa shape index (κ2) is 6.20. The summed E-state index contributed by atoms with van der Waals surface area (Å²) in [5.41, 5.74) is 0. The van der Waals surface area contributed by atoms with Gasteiger partial charge in [0, 0.05) is 0 Å². The predicted molar refractivity (Wildman–Crippen MR) is 64.8 cm³/mol. The van der Waals surface area contributed by atoms with E-state index in [-0.39, 0.29) is 19.0 Å². The topological polar surface area (TPSA) is 74.6 Å². The van der Waals surface area contributed by atoms with Crippen molar-refractivity contribution in [2.75, 3.05) is 19.6 Å². The van der Waals surface area contributed by atoms with E-state index in [9.17, 15) is 9.59 Å². The lowest BCUT2D eigenvalue weighted by Gasteiger charge is -2.13. The van der Waals surface area contributed by atoms with Gasteiger partial charge in [-0.3, -0.25) is 15.0 Å². The minimum atomic E-state index is -0.490. The third kappa shape index (κ3) is 3.89. The maximum Gasteiger partial charge on any atom is 0.321 e. The fourth-order valence-corrected chi connectivity index (χ4v) is 1.93. The Bertz CT molecular complexity index is 397. The highest BCUT2D eigenvalue weighted by Crippen LogP contribution is 2.05. The normalized spacial score (nSPS) is 15.6. The van der Waals surface area contributed by atoms with Gasteiger partial charge >= 0.3 is 6.03 Å². The van der Waals surface area contributed by atoms with Gasteiger partial charge in [0.15, 0.2) is 0 Å². The molecule has 3 amide bonds. The summed E-state index contributed by atoms with van der Waals surface area (Å²) in [6, 6.07) is 3.01. The molecule has 2 heterocycles. The van der Waals surface area contributed by atoms with Gasteiger partial charge in [0.1, 0.15) is 5.76 Å². The number of carbonyl (C=O) groups is 2. The minimum Gasteiger partial charge on any atom is -0.467 e. The lowest BCUT2D eigenvalue weighted by molar-refractivity contribution is -0.120. The molecule has 0 radical (unpaired) electrons. The minimum absolute atomic E-state index is 0.270. The first-order valence-electron chi connectivity index (χ1n) is 6.06. The molecular weight excluding hydrogens is 234 g/mol. The Morgan fingerprint density at radius 3 is 2.78 bits per heavy atom. The van der Waals surface area contributed by atoms with Crippen LogP contribution in [-0.4, -0.2) is 36.5 Å². The fourth-order valence-electron chi connectivity index (χ4n) is 1.93. The summed E-state index contributed by atoms with van der Waals surface area (Å²) in [4.78, 5) is 25.0. The van der Waals surface area contributed by atoms with Crippen molar-refractivity contribution in [2.24, 2.45) is 0 Å². The SMILES string of the molecule is O=C(CN1CCCC1)NC(=O)NCc1ccco1. The van der Waals surface area contributed by atoms with Gasteiger partial charge < -0.3 is 9.73 Å². The van der Waals surface area contributed by atoms with Crippen molar-refractivity contribution in [2.45, 2.75) is 19.4 Å². The van der Waals surface area contributed by atoms with Crippen molar-refractivity contribution in [1.29, 1.82) is 0 Å². The quantitative estimate of drug-likeness (QED) is 0.826.